The molecular formula is C19H23N3O2. The predicted octanol–water partition coefficient (Wildman–Crippen LogP) is 2.32. The van der Waals surface area contributed by atoms with Crippen LogP contribution < -0.4 is 0 Å². The van der Waals surface area contributed by atoms with Gasteiger partial charge in [0, 0.05) is 51.2 Å². The molecule has 1 aromatic carbocycles. The SMILES string of the molecule is Cc1ccc(C(=O)N2CCCN(C(=O)c3ccn(C)c3)CC2)cc1. The lowest BCUT2D eigenvalue weighted by atomic mass is 10.1. The zero-order valence-electron chi connectivity index (χ0n) is 14.2. The van der Waals surface area contributed by atoms with Crippen molar-refractivity contribution in [3.63, 3.8) is 0 Å². The summed E-state index contributed by atoms with van der Waals surface area (Å²) in [6.45, 7) is 4.53. The fourth-order valence-corrected chi connectivity index (χ4v) is 3.01. The van der Waals surface area contributed by atoms with Crippen molar-refractivity contribution in [1.82, 2.24) is 14.4 Å². The van der Waals surface area contributed by atoms with Gasteiger partial charge >= 0.3 is 0 Å². The molecule has 1 aromatic heterocycles. The molecule has 3 rings (SSSR count). The Bertz CT molecular complexity index is 733. The Morgan fingerprint density at radius 1 is 0.833 bits per heavy atom. The Morgan fingerprint density at radius 3 is 1.96 bits per heavy atom. The molecule has 2 amide bonds. The van der Waals surface area contributed by atoms with Gasteiger partial charge in [-0.05, 0) is 31.5 Å². The van der Waals surface area contributed by atoms with E-state index in [9.17, 15) is 9.59 Å². The van der Waals surface area contributed by atoms with Crippen molar-refractivity contribution in [2.75, 3.05) is 26.2 Å². The number of carbonyl (C=O) groups is 2. The first-order valence-electron chi connectivity index (χ1n) is 8.32. The molecule has 0 N–H and O–H groups in total. The van der Waals surface area contributed by atoms with Gasteiger partial charge in [-0.1, -0.05) is 17.7 Å². The van der Waals surface area contributed by atoms with Crippen molar-refractivity contribution in [3.05, 3.63) is 59.4 Å². The van der Waals surface area contributed by atoms with Gasteiger partial charge in [-0.25, -0.2) is 0 Å². The molecule has 24 heavy (non-hydrogen) atoms. The van der Waals surface area contributed by atoms with Crippen LogP contribution in [-0.4, -0.2) is 52.4 Å². The number of carbonyl (C=O) groups excluding carboxylic acids is 2. The third-order valence-corrected chi connectivity index (χ3v) is 4.45. The van der Waals surface area contributed by atoms with E-state index in [0.717, 1.165) is 12.0 Å². The largest absolute Gasteiger partial charge is 0.356 e. The minimum atomic E-state index is 0.0419. The summed E-state index contributed by atoms with van der Waals surface area (Å²) in [4.78, 5) is 28.9. The number of amides is 2. The predicted molar refractivity (Wildman–Crippen MR) is 93.0 cm³/mol. The van der Waals surface area contributed by atoms with Crippen LogP contribution in [0.1, 0.15) is 32.7 Å². The first-order valence-corrected chi connectivity index (χ1v) is 8.32. The van der Waals surface area contributed by atoms with Gasteiger partial charge in [0.1, 0.15) is 0 Å². The molecule has 0 saturated carbocycles. The summed E-state index contributed by atoms with van der Waals surface area (Å²) in [7, 11) is 1.90. The van der Waals surface area contributed by atoms with Gasteiger partial charge in [0.05, 0.1) is 5.56 Å². The zero-order valence-corrected chi connectivity index (χ0v) is 14.2. The molecule has 126 valence electrons. The van der Waals surface area contributed by atoms with Crippen LogP contribution in [0.4, 0.5) is 0 Å². The van der Waals surface area contributed by atoms with Crippen LogP contribution >= 0.6 is 0 Å². The van der Waals surface area contributed by atoms with E-state index < -0.39 is 0 Å². The minimum Gasteiger partial charge on any atom is -0.356 e. The second kappa shape index (κ2) is 6.91. The van der Waals surface area contributed by atoms with Crippen LogP contribution in [0.25, 0.3) is 0 Å². The molecule has 0 spiro atoms. The van der Waals surface area contributed by atoms with E-state index in [1.807, 2.05) is 71.1 Å². The van der Waals surface area contributed by atoms with E-state index >= 15 is 0 Å². The maximum atomic E-state index is 12.6. The Labute approximate surface area is 142 Å². The van der Waals surface area contributed by atoms with Crippen LogP contribution in [0.5, 0.6) is 0 Å². The number of aryl methyl sites for hydroxylation is 2. The molecule has 2 heterocycles. The highest BCUT2D eigenvalue weighted by atomic mass is 16.2. The molecule has 1 aliphatic rings. The number of hydrogen-bond donors (Lipinski definition) is 0. The summed E-state index contributed by atoms with van der Waals surface area (Å²) < 4.78 is 1.87. The molecule has 1 saturated heterocycles. The second-order valence-corrected chi connectivity index (χ2v) is 6.37. The summed E-state index contributed by atoms with van der Waals surface area (Å²) >= 11 is 0. The Kier molecular flexibility index (Phi) is 4.69. The van der Waals surface area contributed by atoms with Crippen molar-refractivity contribution in [1.29, 1.82) is 0 Å². The first-order chi connectivity index (χ1) is 11.5. The van der Waals surface area contributed by atoms with Crippen LogP contribution in [0.2, 0.25) is 0 Å². The molecule has 5 nitrogen and oxygen atoms in total. The quantitative estimate of drug-likeness (QED) is 0.851. The van der Waals surface area contributed by atoms with E-state index in [1.54, 1.807) is 0 Å². The van der Waals surface area contributed by atoms with E-state index in [1.165, 1.54) is 0 Å². The lowest BCUT2D eigenvalue weighted by molar-refractivity contribution is 0.0719. The molecule has 2 aromatic rings. The van der Waals surface area contributed by atoms with E-state index in [0.29, 0.717) is 37.3 Å². The zero-order chi connectivity index (χ0) is 17.1. The van der Waals surface area contributed by atoms with Crippen molar-refractivity contribution < 1.29 is 9.59 Å². The average Bonchev–Trinajstić information content (AvgIpc) is 2.87. The molecule has 0 atom stereocenters. The molecule has 0 bridgehead atoms. The summed E-state index contributed by atoms with van der Waals surface area (Å²) in [6, 6.07) is 9.49. The molecule has 0 unspecified atom stereocenters. The van der Waals surface area contributed by atoms with Crippen molar-refractivity contribution in [2.45, 2.75) is 13.3 Å². The number of benzene rings is 1. The molecule has 1 aliphatic heterocycles. The molecule has 5 heteroatoms. The highest BCUT2D eigenvalue weighted by Gasteiger charge is 2.23. The molecule has 1 fully saturated rings. The summed E-state index contributed by atoms with van der Waals surface area (Å²) in [6.07, 6.45) is 4.51. The lowest BCUT2D eigenvalue weighted by Crippen LogP contribution is -2.37. The van der Waals surface area contributed by atoms with Gasteiger partial charge in [-0.15, -0.1) is 0 Å². The van der Waals surface area contributed by atoms with Gasteiger partial charge < -0.3 is 14.4 Å². The maximum absolute atomic E-state index is 12.6. The fourth-order valence-electron chi connectivity index (χ4n) is 3.01. The number of nitrogens with zero attached hydrogens (tertiary/aromatic N) is 3. The molecular weight excluding hydrogens is 302 g/mol. The van der Waals surface area contributed by atoms with Crippen LogP contribution in [-0.2, 0) is 7.05 Å². The number of hydrogen-bond acceptors (Lipinski definition) is 2. The third kappa shape index (κ3) is 3.50. The summed E-state index contributed by atoms with van der Waals surface area (Å²) in [5, 5.41) is 0. The maximum Gasteiger partial charge on any atom is 0.255 e. The minimum absolute atomic E-state index is 0.0419. The Morgan fingerprint density at radius 2 is 1.42 bits per heavy atom. The van der Waals surface area contributed by atoms with Gasteiger partial charge in [-0.2, -0.15) is 0 Å². The van der Waals surface area contributed by atoms with Gasteiger partial charge in [0.2, 0.25) is 0 Å². The fraction of sp³-hybridized carbons (Fsp3) is 0.368. The van der Waals surface area contributed by atoms with Crippen LogP contribution in [0.3, 0.4) is 0 Å². The number of rotatable bonds is 2. The van der Waals surface area contributed by atoms with Gasteiger partial charge in [0.25, 0.3) is 11.8 Å². The highest BCUT2D eigenvalue weighted by Crippen LogP contribution is 2.13. The third-order valence-electron chi connectivity index (χ3n) is 4.45. The molecule has 0 radical (unpaired) electrons. The second-order valence-electron chi connectivity index (χ2n) is 6.37. The average molecular weight is 325 g/mol. The molecule has 0 aliphatic carbocycles. The smallest absolute Gasteiger partial charge is 0.255 e. The highest BCUT2D eigenvalue weighted by molar-refractivity contribution is 5.95. The normalized spacial score (nSPS) is 15.2. The van der Waals surface area contributed by atoms with Gasteiger partial charge in [-0.3, -0.25) is 9.59 Å². The van der Waals surface area contributed by atoms with E-state index in [4.69, 9.17) is 0 Å². The van der Waals surface area contributed by atoms with Crippen molar-refractivity contribution >= 4 is 11.8 Å². The van der Waals surface area contributed by atoms with Crippen molar-refractivity contribution in [3.8, 4) is 0 Å². The Hall–Kier alpha value is -2.56. The van der Waals surface area contributed by atoms with Crippen molar-refractivity contribution in [2.24, 2.45) is 7.05 Å². The topological polar surface area (TPSA) is 45.6 Å². The lowest BCUT2D eigenvalue weighted by Gasteiger charge is -2.22. The summed E-state index contributed by atoms with van der Waals surface area (Å²) in [5.41, 5.74) is 2.56. The monoisotopic (exact) mass is 325 g/mol. The standard InChI is InChI=1S/C19H23N3O2/c1-15-4-6-16(7-5-15)18(23)21-9-3-10-22(13-12-21)19(24)17-8-11-20(2)14-17/h4-8,11,14H,3,9-10,12-13H2,1-2H3. The van der Waals surface area contributed by atoms with E-state index in [2.05, 4.69) is 0 Å². The Balaban J connectivity index is 1.65. The first kappa shape index (κ1) is 16.3. The van der Waals surface area contributed by atoms with Gasteiger partial charge in [0.15, 0.2) is 0 Å². The summed E-state index contributed by atoms with van der Waals surface area (Å²) in [5.74, 6) is 0.0873. The van der Waals surface area contributed by atoms with E-state index in [-0.39, 0.29) is 11.8 Å². The van der Waals surface area contributed by atoms with Crippen LogP contribution in [0.15, 0.2) is 42.7 Å². The van der Waals surface area contributed by atoms with Crippen LogP contribution in [0, 0.1) is 6.92 Å². The number of aromatic nitrogens is 1.